The summed E-state index contributed by atoms with van der Waals surface area (Å²) in [5, 5.41) is 7.86. The second-order valence-electron chi connectivity index (χ2n) is 8.14. The van der Waals surface area contributed by atoms with E-state index < -0.39 is 0 Å². The number of rotatable bonds is 5. The van der Waals surface area contributed by atoms with Crippen LogP contribution in [0.5, 0.6) is 0 Å². The van der Waals surface area contributed by atoms with E-state index in [0.29, 0.717) is 25.0 Å². The van der Waals surface area contributed by atoms with Crippen LogP contribution in [0, 0.1) is 5.92 Å². The quantitative estimate of drug-likeness (QED) is 0.549. The summed E-state index contributed by atoms with van der Waals surface area (Å²) in [4.78, 5) is 20.2. The van der Waals surface area contributed by atoms with Gasteiger partial charge in [-0.05, 0) is 56.3 Å². The van der Waals surface area contributed by atoms with Gasteiger partial charge in [0.2, 0.25) is 0 Å². The van der Waals surface area contributed by atoms with Crippen LogP contribution in [0.3, 0.4) is 0 Å². The maximum Gasteiger partial charge on any atom is 0.409 e. The Balaban J connectivity index is 1.35. The van der Waals surface area contributed by atoms with Gasteiger partial charge in [-0.3, -0.25) is 9.89 Å². The molecule has 0 aliphatic carbocycles. The molecule has 0 atom stereocenters. The predicted molar refractivity (Wildman–Crippen MR) is 121 cm³/mol. The van der Waals surface area contributed by atoms with Crippen LogP contribution in [0.2, 0.25) is 5.02 Å². The minimum Gasteiger partial charge on any atom is -0.453 e. The molecule has 3 rings (SSSR count). The summed E-state index contributed by atoms with van der Waals surface area (Å²) < 4.78 is 4.80. The highest BCUT2D eigenvalue weighted by molar-refractivity contribution is 6.31. The van der Waals surface area contributed by atoms with Gasteiger partial charge in [0, 0.05) is 44.3 Å². The molecular weight excluding hydrogens is 402 g/mol. The maximum absolute atomic E-state index is 11.6. The molecule has 2 fully saturated rings. The number of benzene rings is 1. The zero-order valence-electron chi connectivity index (χ0n) is 18.1. The van der Waals surface area contributed by atoms with E-state index >= 15 is 0 Å². The summed E-state index contributed by atoms with van der Waals surface area (Å²) >= 11 is 6.30. The van der Waals surface area contributed by atoms with Crippen molar-refractivity contribution in [2.24, 2.45) is 10.9 Å². The van der Waals surface area contributed by atoms with Crippen molar-refractivity contribution in [1.29, 1.82) is 0 Å². The first-order valence-corrected chi connectivity index (χ1v) is 11.2. The zero-order valence-corrected chi connectivity index (χ0v) is 18.8. The Morgan fingerprint density at radius 3 is 2.50 bits per heavy atom. The Hall–Kier alpha value is -1.99. The Morgan fingerprint density at radius 2 is 1.87 bits per heavy atom. The lowest BCUT2D eigenvalue weighted by molar-refractivity contribution is 0.111. The summed E-state index contributed by atoms with van der Waals surface area (Å²) in [7, 11) is 3.24. The van der Waals surface area contributed by atoms with Crippen molar-refractivity contribution in [2.45, 2.75) is 38.3 Å². The summed E-state index contributed by atoms with van der Waals surface area (Å²) in [5.74, 6) is 1.50. The molecule has 0 radical (unpaired) electrons. The molecule has 2 N–H and O–H groups in total. The fourth-order valence-electron chi connectivity index (χ4n) is 4.18. The van der Waals surface area contributed by atoms with Gasteiger partial charge in [0.15, 0.2) is 5.96 Å². The number of methoxy groups -OCH3 is 1. The van der Waals surface area contributed by atoms with Gasteiger partial charge in [-0.1, -0.05) is 29.8 Å². The number of likely N-dealkylation sites (tertiary alicyclic amines) is 2. The minimum atomic E-state index is -0.239. The Kier molecular flexibility index (Phi) is 8.63. The molecule has 2 heterocycles. The lowest BCUT2D eigenvalue weighted by atomic mass is 9.96. The predicted octanol–water partition coefficient (Wildman–Crippen LogP) is 2.95. The van der Waals surface area contributed by atoms with E-state index in [-0.39, 0.29) is 6.09 Å². The number of guanidine groups is 1. The first-order valence-electron chi connectivity index (χ1n) is 10.8. The number of halogens is 1. The normalized spacial score (nSPS) is 19.6. The summed E-state index contributed by atoms with van der Waals surface area (Å²) in [6, 6.07) is 8.44. The number of carbonyl (C=O) groups excluding carboxylic acids is 1. The molecule has 8 heteroatoms. The Labute approximate surface area is 184 Å². The van der Waals surface area contributed by atoms with Crippen LogP contribution in [-0.2, 0) is 11.3 Å². The largest absolute Gasteiger partial charge is 0.453 e. The van der Waals surface area contributed by atoms with Gasteiger partial charge >= 0.3 is 6.09 Å². The number of piperidine rings is 2. The van der Waals surface area contributed by atoms with E-state index in [1.54, 1.807) is 4.90 Å². The summed E-state index contributed by atoms with van der Waals surface area (Å²) in [6.45, 7) is 5.47. The fraction of sp³-hybridized carbons (Fsp3) is 0.636. The molecule has 1 aromatic carbocycles. The van der Waals surface area contributed by atoms with E-state index in [0.717, 1.165) is 50.0 Å². The van der Waals surface area contributed by atoms with E-state index in [1.807, 2.05) is 19.2 Å². The third kappa shape index (κ3) is 6.51. The van der Waals surface area contributed by atoms with Crippen molar-refractivity contribution in [2.75, 3.05) is 46.9 Å². The molecule has 30 heavy (non-hydrogen) atoms. The number of ether oxygens (including phenoxy) is 1. The molecule has 1 amide bonds. The minimum absolute atomic E-state index is 0.239. The van der Waals surface area contributed by atoms with Crippen LogP contribution in [0.4, 0.5) is 4.79 Å². The molecular formula is C22H34ClN5O2. The standard InChI is InChI=1S/C22H34ClN5O2/c1-24-21(26-19-9-13-28(14-10-19)22(29)30-2)25-15-17-7-11-27(12-8-17)16-18-5-3-4-6-20(18)23/h3-6,17,19H,7-16H2,1-2H3,(H2,24,25,26). The SMILES string of the molecule is CN=C(NCC1CCN(Cc2ccccc2Cl)CC1)NC1CCN(C(=O)OC)CC1. The van der Waals surface area contributed by atoms with Gasteiger partial charge in [0.1, 0.15) is 0 Å². The molecule has 0 saturated carbocycles. The number of nitrogens with one attached hydrogen (secondary N) is 2. The van der Waals surface area contributed by atoms with Gasteiger partial charge in [-0.25, -0.2) is 4.79 Å². The summed E-state index contributed by atoms with van der Waals surface area (Å²) in [6.07, 6.45) is 3.90. The van der Waals surface area contributed by atoms with E-state index in [9.17, 15) is 4.79 Å². The smallest absolute Gasteiger partial charge is 0.409 e. The molecule has 7 nitrogen and oxygen atoms in total. The highest BCUT2D eigenvalue weighted by Gasteiger charge is 2.24. The average molecular weight is 436 g/mol. The maximum atomic E-state index is 11.6. The molecule has 0 spiro atoms. The molecule has 2 aliphatic heterocycles. The van der Waals surface area contributed by atoms with Crippen molar-refractivity contribution in [3.8, 4) is 0 Å². The third-order valence-corrected chi connectivity index (χ3v) is 6.48. The zero-order chi connectivity index (χ0) is 21.3. The van der Waals surface area contributed by atoms with Crippen LogP contribution in [-0.4, -0.2) is 74.8 Å². The van der Waals surface area contributed by atoms with Crippen LogP contribution in [0.1, 0.15) is 31.2 Å². The Bertz CT molecular complexity index is 713. The van der Waals surface area contributed by atoms with Crippen molar-refractivity contribution in [1.82, 2.24) is 20.4 Å². The second-order valence-corrected chi connectivity index (χ2v) is 8.55. The Morgan fingerprint density at radius 1 is 1.17 bits per heavy atom. The van der Waals surface area contributed by atoms with E-state index in [4.69, 9.17) is 16.3 Å². The number of nitrogens with zero attached hydrogens (tertiary/aromatic N) is 3. The van der Waals surface area contributed by atoms with Gasteiger partial charge < -0.3 is 20.3 Å². The fourth-order valence-corrected chi connectivity index (χ4v) is 4.38. The van der Waals surface area contributed by atoms with Gasteiger partial charge in [-0.15, -0.1) is 0 Å². The van der Waals surface area contributed by atoms with Crippen LogP contribution >= 0.6 is 11.6 Å². The van der Waals surface area contributed by atoms with Gasteiger partial charge in [-0.2, -0.15) is 0 Å². The number of hydrogen-bond acceptors (Lipinski definition) is 4. The van der Waals surface area contributed by atoms with Crippen LogP contribution in [0.25, 0.3) is 0 Å². The monoisotopic (exact) mass is 435 g/mol. The first kappa shape index (κ1) is 22.7. The number of aliphatic imine (C=N–C) groups is 1. The molecule has 0 bridgehead atoms. The van der Waals surface area contributed by atoms with Crippen molar-refractivity contribution < 1.29 is 9.53 Å². The molecule has 2 aliphatic rings. The number of hydrogen-bond donors (Lipinski definition) is 2. The molecule has 1 aromatic rings. The number of carbonyl (C=O) groups is 1. The second kappa shape index (κ2) is 11.4. The van der Waals surface area contributed by atoms with Crippen molar-refractivity contribution in [3.05, 3.63) is 34.9 Å². The molecule has 0 unspecified atom stereocenters. The van der Waals surface area contributed by atoms with Gasteiger partial charge in [0.25, 0.3) is 0 Å². The molecule has 2 saturated heterocycles. The molecule has 0 aromatic heterocycles. The van der Waals surface area contributed by atoms with Crippen LogP contribution < -0.4 is 10.6 Å². The van der Waals surface area contributed by atoms with Gasteiger partial charge in [0.05, 0.1) is 7.11 Å². The molecule has 166 valence electrons. The highest BCUT2D eigenvalue weighted by atomic mass is 35.5. The van der Waals surface area contributed by atoms with E-state index in [2.05, 4.69) is 32.7 Å². The van der Waals surface area contributed by atoms with Crippen LogP contribution in [0.15, 0.2) is 29.3 Å². The third-order valence-electron chi connectivity index (χ3n) is 6.11. The number of amides is 1. The summed E-state index contributed by atoms with van der Waals surface area (Å²) in [5.41, 5.74) is 1.21. The lowest BCUT2D eigenvalue weighted by Crippen LogP contribution is -2.50. The lowest BCUT2D eigenvalue weighted by Gasteiger charge is -2.34. The highest BCUT2D eigenvalue weighted by Crippen LogP contribution is 2.22. The topological polar surface area (TPSA) is 69.2 Å². The van der Waals surface area contributed by atoms with E-state index in [1.165, 1.54) is 25.5 Å². The first-order chi connectivity index (χ1) is 14.6. The average Bonchev–Trinajstić information content (AvgIpc) is 2.79. The van der Waals surface area contributed by atoms with Crippen molar-refractivity contribution in [3.63, 3.8) is 0 Å². The van der Waals surface area contributed by atoms with Crippen molar-refractivity contribution >= 4 is 23.7 Å².